The van der Waals surface area contributed by atoms with Crippen LogP contribution in [-0.4, -0.2) is 36.1 Å². The highest BCUT2D eigenvalue weighted by Crippen LogP contribution is 2.25. The van der Waals surface area contributed by atoms with Gasteiger partial charge in [-0.2, -0.15) is 0 Å². The molecule has 0 amide bonds. The minimum Gasteiger partial charge on any atom is -0.318 e. The predicted molar refractivity (Wildman–Crippen MR) is 91.5 cm³/mol. The molecular formula is C14H21Cl2N3S. The predicted octanol–water partition coefficient (Wildman–Crippen LogP) is 3.32. The Kier molecular flexibility index (Phi) is 7.20. The Morgan fingerprint density at radius 1 is 1.35 bits per heavy atom. The Morgan fingerprint density at radius 2 is 2.15 bits per heavy atom. The summed E-state index contributed by atoms with van der Waals surface area (Å²) in [5.41, 5.74) is 1.14. The van der Waals surface area contributed by atoms with Gasteiger partial charge in [-0.1, -0.05) is 12.1 Å². The molecule has 112 valence electrons. The normalized spacial score (nSPS) is 18.8. The van der Waals surface area contributed by atoms with Gasteiger partial charge in [0.05, 0.1) is 16.8 Å². The van der Waals surface area contributed by atoms with Gasteiger partial charge in [0, 0.05) is 12.6 Å². The third kappa shape index (κ3) is 3.83. The first kappa shape index (κ1) is 17.7. The first-order valence-corrected chi connectivity index (χ1v) is 7.41. The summed E-state index contributed by atoms with van der Waals surface area (Å²) in [6.07, 6.45) is 2.63. The Morgan fingerprint density at radius 3 is 2.90 bits per heavy atom. The highest BCUT2D eigenvalue weighted by Gasteiger charge is 2.24. The largest absolute Gasteiger partial charge is 0.318 e. The molecule has 1 saturated heterocycles. The molecule has 1 unspecified atom stereocenters. The second-order valence-corrected chi connectivity index (χ2v) is 6.01. The third-order valence-electron chi connectivity index (χ3n) is 3.62. The van der Waals surface area contributed by atoms with Gasteiger partial charge >= 0.3 is 0 Å². The molecule has 6 heteroatoms. The summed E-state index contributed by atoms with van der Waals surface area (Å²) in [7, 11) is 2.04. The van der Waals surface area contributed by atoms with Crippen molar-refractivity contribution >= 4 is 46.4 Å². The van der Waals surface area contributed by atoms with Crippen LogP contribution < -0.4 is 5.32 Å². The summed E-state index contributed by atoms with van der Waals surface area (Å²) < 4.78 is 1.30. The Hall–Kier alpha value is -0.390. The van der Waals surface area contributed by atoms with Gasteiger partial charge in [-0.15, -0.1) is 36.2 Å². The van der Waals surface area contributed by atoms with E-state index in [0.717, 1.165) is 18.6 Å². The van der Waals surface area contributed by atoms with Gasteiger partial charge in [0.25, 0.3) is 0 Å². The van der Waals surface area contributed by atoms with Crippen molar-refractivity contribution in [3.8, 4) is 0 Å². The zero-order valence-electron chi connectivity index (χ0n) is 11.5. The first-order valence-electron chi connectivity index (χ1n) is 6.60. The first-order chi connectivity index (χ1) is 8.86. The van der Waals surface area contributed by atoms with Gasteiger partial charge in [0.1, 0.15) is 5.01 Å². The molecule has 3 rings (SSSR count). The Labute approximate surface area is 136 Å². The highest BCUT2D eigenvalue weighted by atomic mass is 35.5. The SMILES string of the molecule is CNCC1CCCN1Cc1nc2ccccc2s1.Cl.Cl. The number of nitrogens with zero attached hydrogens (tertiary/aromatic N) is 2. The monoisotopic (exact) mass is 333 g/mol. The topological polar surface area (TPSA) is 28.2 Å². The molecule has 1 N–H and O–H groups in total. The van der Waals surface area contributed by atoms with E-state index in [9.17, 15) is 0 Å². The van der Waals surface area contributed by atoms with Gasteiger partial charge in [0.15, 0.2) is 0 Å². The number of rotatable bonds is 4. The standard InChI is InChI=1S/C14H19N3S.2ClH/c1-15-9-11-5-4-8-17(11)10-14-16-12-6-2-3-7-13(12)18-14;;/h2-3,6-7,11,15H,4-5,8-10H2,1H3;2*1H. The lowest BCUT2D eigenvalue weighted by Crippen LogP contribution is -2.36. The number of halogens is 2. The number of likely N-dealkylation sites (tertiary alicyclic amines) is 1. The Balaban J connectivity index is 0.000001000. The second-order valence-electron chi connectivity index (χ2n) is 4.90. The molecule has 0 saturated carbocycles. The molecule has 1 aromatic carbocycles. The van der Waals surface area contributed by atoms with Crippen LogP contribution >= 0.6 is 36.2 Å². The maximum atomic E-state index is 4.73. The van der Waals surface area contributed by atoms with Crippen molar-refractivity contribution in [1.29, 1.82) is 0 Å². The summed E-state index contributed by atoms with van der Waals surface area (Å²) in [6, 6.07) is 9.09. The Bertz CT molecular complexity index is 499. The van der Waals surface area contributed by atoms with Crippen molar-refractivity contribution in [2.75, 3.05) is 20.1 Å². The van der Waals surface area contributed by atoms with Crippen LogP contribution in [0.4, 0.5) is 0 Å². The van der Waals surface area contributed by atoms with Crippen LogP contribution in [0, 0.1) is 0 Å². The minimum absolute atomic E-state index is 0. The van der Waals surface area contributed by atoms with Gasteiger partial charge in [-0.05, 0) is 38.6 Å². The lowest BCUT2D eigenvalue weighted by atomic mass is 10.2. The summed E-state index contributed by atoms with van der Waals surface area (Å²) in [5, 5.41) is 4.54. The van der Waals surface area contributed by atoms with Gasteiger partial charge in [0.2, 0.25) is 0 Å². The van der Waals surface area contributed by atoms with E-state index in [-0.39, 0.29) is 24.8 Å². The van der Waals surface area contributed by atoms with Gasteiger partial charge < -0.3 is 5.32 Å². The number of likely N-dealkylation sites (N-methyl/N-ethyl adjacent to an activating group) is 1. The van der Waals surface area contributed by atoms with Crippen molar-refractivity contribution in [2.24, 2.45) is 0 Å². The van der Waals surface area contributed by atoms with Crippen molar-refractivity contribution in [3.05, 3.63) is 29.3 Å². The van der Waals surface area contributed by atoms with Crippen molar-refractivity contribution in [2.45, 2.75) is 25.4 Å². The van der Waals surface area contributed by atoms with E-state index >= 15 is 0 Å². The van der Waals surface area contributed by atoms with Crippen LogP contribution in [0.15, 0.2) is 24.3 Å². The van der Waals surface area contributed by atoms with E-state index in [1.54, 1.807) is 0 Å². The molecule has 1 atom stereocenters. The number of nitrogens with one attached hydrogen (secondary N) is 1. The molecule has 1 fully saturated rings. The fourth-order valence-electron chi connectivity index (χ4n) is 2.73. The number of fused-ring (bicyclic) bond motifs is 1. The fourth-order valence-corrected chi connectivity index (χ4v) is 3.72. The maximum Gasteiger partial charge on any atom is 0.108 e. The molecule has 3 nitrogen and oxygen atoms in total. The molecule has 1 aliphatic heterocycles. The number of para-hydroxylation sites is 1. The van der Waals surface area contributed by atoms with Crippen molar-refractivity contribution < 1.29 is 0 Å². The van der Waals surface area contributed by atoms with Crippen molar-refractivity contribution in [1.82, 2.24) is 15.2 Å². The van der Waals surface area contributed by atoms with E-state index in [4.69, 9.17) is 4.98 Å². The number of aromatic nitrogens is 1. The van der Waals surface area contributed by atoms with Crippen LogP contribution in [0.3, 0.4) is 0 Å². The molecular weight excluding hydrogens is 313 g/mol. The molecule has 1 aliphatic rings. The molecule has 0 bridgehead atoms. The zero-order valence-corrected chi connectivity index (χ0v) is 14.0. The van der Waals surface area contributed by atoms with Crippen LogP contribution in [-0.2, 0) is 6.54 Å². The molecule has 0 aliphatic carbocycles. The summed E-state index contributed by atoms with van der Waals surface area (Å²) >= 11 is 1.83. The fraction of sp³-hybridized carbons (Fsp3) is 0.500. The minimum atomic E-state index is 0. The number of benzene rings is 1. The lowest BCUT2D eigenvalue weighted by Gasteiger charge is -2.22. The molecule has 1 aromatic heterocycles. The third-order valence-corrected chi connectivity index (χ3v) is 4.64. The van der Waals surface area contributed by atoms with Gasteiger partial charge in [-0.3, -0.25) is 4.90 Å². The van der Waals surface area contributed by atoms with Crippen LogP contribution in [0.25, 0.3) is 10.2 Å². The summed E-state index contributed by atoms with van der Waals surface area (Å²) in [4.78, 5) is 7.29. The second kappa shape index (κ2) is 8.15. The average molecular weight is 334 g/mol. The smallest absolute Gasteiger partial charge is 0.108 e. The molecule has 2 heterocycles. The number of thiazole rings is 1. The lowest BCUT2D eigenvalue weighted by molar-refractivity contribution is 0.242. The van der Waals surface area contributed by atoms with Crippen LogP contribution in [0.5, 0.6) is 0 Å². The summed E-state index contributed by atoms with van der Waals surface area (Å²) in [6.45, 7) is 3.30. The van der Waals surface area contributed by atoms with E-state index in [1.807, 2.05) is 18.4 Å². The van der Waals surface area contributed by atoms with E-state index in [0.29, 0.717) is 6.04 Å². The average Bonchev–Trinajstić information content (AvgIpc) is 2.97. The van der Waals surface area contributed by atoms with Crippen molar-refractivity contribution in [3.63, 3.8) is 0 Å². The zero-order chi connectivity index (χ0) is 12.4. The van der Waals surface area contributed by atoms with Crippen LogP contribution in [0.2, 0.25) is 0 Å². The maximum absolute atomic E-state index is 4.73. The molecule has 0 radical (unpaired) electrons. The van der Waals surface area contributed by atoms with Gasteiger partial charge in [-0.25, -0.2) is 4.98 Å². The molecule has 20 heavy (non-hydrogen) atoms. The molecule has 0 spiro atoms. The summed E-state index contributed by atoms with van der Waals surface area (Å²) in [5.74, 6) is 0. The highest BCUT2D eigenvalue weighted by molar-refractivity contribution is 7.18. The number of hydrogen-bond donors (Lipinski definition) is 1. The quantitative estimate of drug-likeness (QED) is 0.930. The molecule has 2 aromatic rings. The van der Waals surface area contributed by atoms with E-state index in [2.05, 4.69) is 34.5 Å². The number of hydrogen-bond acceptors (Lipinski definition) is 4. The van der Waals surface area contributed by atoms with E-state index in [1.165, 1.54) is 29.1 Å². The van der Waals surface area contributed by atoms with Crippen LogP contribution in [0.1, 0.15) is 17.8 Å². The van der Waals surface area contributed by atoms with E-state index < -0.39 is 0 Å².